The highest BCUT2D eigenvalue weighted by Crippen LogP contribution is 1.97. The van der Waals surface area contributed by atoms with Crippen molar-refractivity contribution in [1.82, 2.24) is 10.2 Å². The van der Waals surface area contributed by atoms with Gasteiger partial charge in [-0.1, -0.05) is 6.92 Å². The lowest BCUT2D eigenvalue weighted by Crippen LogP contribution is -2.25. The van der Waals surface area contributed by atoms with Gasteiger partial charge in [-0.25, -0.2) is 0 Å². The molecule has 0 fully saturated rings. The Balaban J connectivity index is 3.18. The van der Waals surface area contributed by atoms with Gasteiger partial charge < -0.3 is 10.2 Å². The van der Waals surface area contributed by atoms with E-state index in [1.165, 1.54) is 32.4 Å². The van der Waals surface area contributed by atoms with Crippen LogP contribution in [0.25, 0.3) is 0 Å². The Labute approximate surface area is 77.3 Å². The molecule has 2 heteroatoms. The monoisotopic (exact) mass is 172 g/mol. The Morgan fingerprint density at radius 1 is 1.33 bits per heavy atom. The fraction of sp³-hybridized carbons (Fsp3) is 1.00. The van der Waals surface area contributed by atoms with E-state index in [9.17, 15) is 0 Å². The Hall–Kier alpha value is -0.0800. The van der Waals surface area contributed by atoms with Crippen LogP contribution in [0.15, 0.2) is 0 Å². The van der Waals surface area contributed by atoms with Crippen molar-refractivity contribution in [3.63, 3.8) is 0 Å². The summed E-state index contributed by atoms with van der Waals surface area (Å²) in [7, 11) is 4.23. The molecule has 1 N–H and O–H groups in total. The van der Waals surface area contributed by atoms with Crippen LogP contribution in [0, 0.1) is 0 Å². The molecular weight excluding hydrogens is 148 g/mol. The van der Waals surface area contributed by atoms with Crippen LogP contribution >= 0.6 is 0 Å². The average molecular weight is 172 g/mol. The molecule has 0 saturated carbocycles. The number of nitrogens with zero attached hydrogens (tertiary/aromatic N) is 1. The van der Waals surface area contributed by atoms with Gasteiger partial charge in [0.15, 0.2) is 0 Å². The van der Waals surface area contributed by atoms with Crippen LogP contribution in [-0.2, 0) is 0 Å². The Kier molecular flexibility index (Phi) is 7.51. The fourth-order valence-electron chi connectivity index (χ4n) is 1.31. The molecule has 0 spiro atoms. The van der Waals surface area contributed by atoms with Crippen molar-refractivity contribution in [2.75, 3.05) is 27.2 Å². The van der Waals surface area contributed by atoms with E-state index in [1.807, 2.05) is 7.05 Å². The molecule has 0 saturated heterocycles. The number of hydrogen-bond donors (Lipinski definition) is 1. The van der Waals surface area contributed by atoms with Crippen molar-refractivity contribution >= 4 is 0 Å². The summed E-state index contributed by atoms with van der Waals surface area (Å²) in [6.45, 7) is 6.93. The molecule has 0 aromatic heterocycles. The maximum atomic E-state index is 3.25. The molecule has 0 radical (unpaired) electrons. The lowest BCUT2D eigenvalue weighted by Gasteiger charge is -2.16. The van der Waals surface area contributed by atoms with Gasteiger partial charge in [0.2, 0.25) is 0 Å². The first-order valence-corrected chi connectivity index (χ1v) is 5.06. The van der Waals surface area contributed by atoms with E-state index >= 15 is 0 Å². The first kappa shape index (κ1) is 11.9. The van der Waals surface area contributed by atoms with Crippen molar-refractivity contribution in [2.45, 2.75) is 39.2 Å². The smallest absolute Gasteiger partial charge is 0.00362 e. The van der Waals surface area contributed by atoms with E-state index in [4.69, 9.17) is 0 Å². The van der Waals surface area contributed by atoms with Crippen LogP contribution in [0.5, 0.6) is 0 Å². The summed E-state index contributed by atoms with van der Waals surface area (Å²) < 4.78 is 0. The zero-order valence-electron chi connectivity index (χ0n) is 9.06. The number of hydrogen-bond acceptors (Lipinski definition) is 2. The van der Waals surface area contributed by atoms with E-state index in [0.717, 1.165) is 0 Å². The topological polar surface area (TPSA) is 15.3 Å². The SMILES string of the molecule is CCCN(C)CCCC(C)NC. The number of rotatable bonds is 7. The molecule has 1 unspecified atom stereocenters. The lowest BCUT2D eigenvalue weighted by atomic mass is 10.2. The second kappa shape index (κ2) is 7.56. The van der Waals surface area contributed by atoms with Gasteiger partial charge in [0.05, 0.1) is 0 Å². The van der Waals surface area contributed by atoms with Gasteiger partial charge in [-0.3, -0.25) is 0 Å². The predicted octanol–water partition coefficient (Wildman–Crippen LogP) is 1.72. The van der Waals surface area contributed by atoms with Crippen LogP contribution in [0.3, 0.4) is 0 Å². The molecule has 0 aliphatic heterocycles. The van der Waals surface area contributed by atoms with E-state index < -0.39 is 0 Å². The Morgan fingerprint density at radius 3 is 2.50 bits per heavy atom. The summed E-state index contributed by atoms with van der Waals surface area (Å²) in [6.07, 6.45) is 3.85. The molecule has 0 aromatic carbocycles. The summed E-state index contributed by atoms with van der Waals surface area (Å²) in [4.78, 5) is 2.41. The zero-order valence-corrected chi connectivity index (χ0v) is 9.06. The van der Waals surface area contributed by atoms with E-state index in [2.05, 4.69) is 31.1 Å². The van der Waals surface area contributed by atoms with Crippen molar-refractivity contribution in [3.8, 4) is 0 Å². The zero-order chi connectivity index (χ0) is 9.40. The molecule has 0 aromatic rings. The molecule has 0 aliphatic rings. The van der Waals surface area contributed by atoms with Crippen molar-refractivity contribution in [1.29, 1.82) is 0 Å². The molecule has 0 rings (SSSR count). The maximum absolute atomic E-state index is 3.25. The standard InChI is InChI=1S/C10H24N2/c1-5-8-12(4)9-6-7-10(2)11-3/h10-11H,5-9H2,1-4H3. The van der Waals surface area contributed by atoms with Gasteiger partial charge in [0.1, 0.15) is 0 Å². The third-order valence-corrected chi connectivity index (χ3v) is 2.28. The third-order valence-electron chi connectivity index (χ3n) is 2.28. The summed E-state index contributed by atoms with van der Waals surface area (Å²) >= 11 is 0. The van der Waals surface area contributed by atoms with Crippen LogP contribution in [-0.4, -0.2) is 38.1 Å². The highest BCUT2D eigenvalue weighted by molar-refractivity contribution is 4.58. The van der Waals surface area contributed by atoms with Crippen molar-refractivity contribution in [2.24, 2.45) is 0 Å². The molecule has 12 heavy (non-hydrogen) atoms. The summed E-state index contributed by atoms with van der Waals surface area (Å²) in [5.74, 6) is 0. The largest absolute Gasteiger partial charge is 0.317 e. The molecule has 74 valence electrons. The van der Waals surface area contributed by atoms with Gasteiger partial charge in [-0.15, -0.1) is 0 Å². The predicted molar refractivity (Wildman–Crippen MR) is 55.5 cm³/mol. The van der Waals surface area contributed by atoms with Crippen LogP contribution in [0.1, 0.15) is 33.1 Å². The fourth-order valence-corrected chi connectivity index (χ4v) is 1.31. The molecule has 0 amide bonds. The molecule has 0 bridgehead atoms. The summed E-state index contributed by atoms with van der Waals surface area (Å²) in [5, 5.41) is 3.25. The first-order valence-electron chi connectivity index (χ1n) is 5.06. The average Bonchev–Trinajstić information content (AvgIpc) is 2.04. The molecule has 1 atom stereocenters. The quantitative estimate of drug-likeness (QED) is 0.629. The normalized spacial score (nSPS) is 13.8. The van der Waals surface area contributed by atoms with E-state index in [-0.39, 0.29) is 0 Å². The first-order chi connectivity index (χ1) is 5.70. The minimum absolute atomic E-state index is 0.667. The molecular formula is C10H24N2. The Morgan fingerprint density at radius 2 is 2.00 bits per heavy atom. The molecule has 2 nitrogen and oxygen atoms in total. The number of nitrogens with one attached hydrogen (secondary N) is 1. The maximum Gasteiger partial charge on any atom is 0.00362 e. The van der Waals surface area contributed by atoms with Crippen LogP contribution in [0.2, 0.25) is 0 Å². The van der Waals surface area contributed by atoms with Crippen LogP contribution in [0.4, 0.5) is 0 Å². The molecule has 0 aliphatic carbocycles. The third kappa shape index (κ3) is 6.62. The van der Waals surface area contributed by atoms with Gasteiger partial charge in [0, 0.05) is 6.04 Å². The minimum Gasteiger partial charge on any atom is -0.317 e. The van der Waals surface area contributed by atoms with E-state index in [0.29, 0.717) is 6.04 Å². The highest BCUT2D eigenvalue weighted by Gasteiger charge is 1.99. The van der Waals surface area contributed by atoms with E-state index in [1.54, 1.807) is 0 Å². The summed E-state index contributed by atoms with van der Waals surface area (Å²) in [5.41, 5.74) is 0. The highest BCUT2D eigenvalue weighted by atomic mass is 15.1. The van der Waals surface area contributed by atoms with Crippen molar-refractivity contribution in [3.05, 3.63) is 0 Å². The summed E-state index contributed by atoms with van der Waals surface area (Å²) in [6, 6.07) is 0.667. The second-order valence-electron chi connectivity index (χ2n) is 3.64. The van der Waals surface area contributed by atoms with Gasteiger partial charge in [-0.05, 0) is 53.4 Å². The lowest BCUT2D eigenvalue weighted by molar-refractivity contribution is 0.320. The van der Waals surface area contributed by atoms with Gasteiger partial charge in [0.25, 0.3) is 0 Å². The molecule has 0 heterocycles. The van der Waals surface area contributed by atoms with Crippen molar-refractivity contribution < 1.29 is 0 Å². The second-order valence-corrected chi connectivity index (χ2v) is 3.64. The minimum atomic E-state index is 0.667. The van der Waals surface area contributed by atoms with Crippen LogP contribution < -0.4 is 5.32 Å². The Bertz CT molecular complexity index is 93.8. The van der Waals surface area contributed by atoms with Gasteiger partial charge >= 0.3 is 0 Å². The van der Waals surface area contributed by atoms with Gasteiger partial charge in [-0.2, -0.15) is 0 Å².